The number of benzene rings is 1. The number of imidazole rings is 1. The van der Waals surface area contributed by atoms with Gasteiger partial charge in [0.25, 0.3) is 0 Å². The van der Waals surface area contributed by atoms with E-state index >= 15 is 0 Å². The number of aromatic nitrogens is 6. The number of aliphatic hydroxyl groups excluding tert-OH is 1. The summed E-state index contributed by atoms with van der Waals surface area (Å²) in [5.41, 5.74) is 5.26. The van der Waals surface area contributed by atoms with Crippen molar-refractivity contribution in [3.05, 3.63) is 71.7 Å². The molecule has 1 aliphatic rings. The highest BCUT2D eigenvalue weighted by Gasteiger charge is 2.25. The van der Waals surface area contributed by atoms with Gasteiger partial charge in [-0.2, -0.15) is 0 Å². The third-order valence-electron chi connectivity index (χ3n) is 6.22. The molecule has 8 nitrogen and oxygen atoms in total. The number of para-hydroxylation sites is 1. The van der Waals surface area contributed by atoms with Crippen LogP contribution in [0.25, 0.3) is 27.9 Å². The molecule has 33 heavy (non-hydrogen) atoms. The fourth-order valence-corrected chi connectivity index (χ4v) is 4.62. The van der Waals surface area contributed by atoms with Gasteiger partial charge in [0.15, 0.2) is 17.3 Å². The van der Waals surface area contributed by atoms with Crippen LogP contribution in [0.2, 0.25) is 0 Å². The van der Waals surface area contributed by atoms with E-state index in [2.05, 4.69) is 48.6 Å². The van der Waals surface area contributed by atoms with E-state index in [1.54, 1.807) is 17.6 Å². The van der Waals surface area contributed by atoms with E-state index in [-0.39, 0.29) is 6.04 Å². The molecule has 0 bridgehead atoms. The molecule has 166 valence electrons. The Bertz CT molecular complexity index is 1490. The predicted octanol–water partition coefficient (Wildman–Crippen LogP) is 3.83. The van der Waals surface area contributed by atoms with Crippen molar-refractivity contribution in [3.63, 3.8) is 0 Å². The smallest absolute Gasteiger partial charge is 0.197 e. The number of pyridine rings is 1. The fraction of sp³-hybridized carbons (Fsp3) is 0.250. The second-order valence-electron chi connectivity index (χ2n) is 8.48. The molecule has 0 amide bonds. The summed E-state index contributed by atoms with van der Waals surface area (Å²) >= 11 is 0. The van der Waals surface area contributed by atoms with Crippen LogP contribution in [0.1, 0.15) is 36.4 Å². The Kier molecular flexibility index (Phi) is 4.58. The average molecular weight is 443 g/mol. The summed E-state index contributed by atoms with van der Waals surface area (Å²) in [5.74, 6) is 0.385. The van der Waals surface area contributed by atoms with Crippen molar-refractivity contribution >= 4 is 22.4 Å². The number of aromatic amines is 1. The molecule has 0 fully saturated rings. The maximum atomic E-state index is 13.8. The lowest BCUT2D eigenvalue weighted by Crippen LogP contribution is -2.28. The number of aliphatic hydroxyl groups is 1. The van der Waals surface area contributed by atoms with Gasteiger partial charge in [-0.1, -0.05) is 18.2 Å². The Morgan fingerprint density at radius 3 is 2.97 bits per heavy atom. The number of H-pyrrole nitrogens is 1. The number of fused-ring (bicyclic) bond motifs is 4. The standard InChI is InChI=1S/C24H22FN7O/c1-13(33)21-12-27-24-23(30-22(31-32(21)24)14-8-15(25)11-26-10-14)28-16-6-7-20-18(9-16)17-4-2-3-5-19(17)29-20/h2-5,8,10-13,16,29,33H,6-7,9H2,1H3,(H,28,30,31)/t13-,16+/m0/s1. The molecule has 0 aliphatic heterocycles. The second-order valence-corrected chi connectivity index (χ2v) is 8.48. The van der Waals surface area contributed by atoms with Gasteiger partial charge in [0, 0.05) is 34.4 Å². The van der Waals surface area contributed by atoms with Gasteiger partial charge in [-0.3, -0.25) is 4.98 Å². The Morgan fingerprint density at radius 2 is 2.12 bits per heavy atom. The third kappa shape index (κ3) is 3.41. The van der Waals surface area contributed by atoms with Crippen LogP contribution in [0.4, 0.5) is 10.2 Å². The first-order valence-corrected chi connectivity index (χ1v) is 11.0. The zero-order chi connectivity index (χ0) is 22.5. The lowest BCUT2D eigenvalue weighted by atomic mass is 9.91. The van der Waals surface area contributed by atoms with Gasteiger partial charge >= 0.3 is 0 Å². The third-order valence-corrected chi connectivity index (χ3v) is 6.22. The van der Waals surface area contributed by atoms with Crippen molar-refractivity contribution in [2.24, 2.45) is 0 Å². The average Bonchev–Trinajstić information content (AvgIpc) is 3.41. The van der Waals surface area contributed by atoms with E-state index in [0.717, 1.165) is 31.0 Å². The van der Waals surface area contributed by atoms with Crippen LogP contribution >= 0.6 is 0 Å². The minimum atomic E-state index is -0.773. The van der Waals surface area contributed by atoms with Gasteiger partial charge in [-0.25, -0.2) is 18.9 Å². The highest BCUT2D eigenvalue weighted by molar-refractivity contribution is 5.85. The lowest BCUT2D eigenvalue weighted by molar-refractivity contribution is 0.192. The molecule has 1 aromatic carbocycles. The van der Waals surface area contributed by atoms with Crippen molar-refractivity contribution in [1.29, 1.82) is 0 Å². The number of nitrogens with one attached hydrogen (secondary N) is 2. The van der Waals surface area contributed by atoms with E-state index in [1.165, 1.54) is 28.9 Å². The molecule has 4 aromatic heterocycles. The molecule has 5 aromatic rings. The SMILES string of the molecule is C[C@H](O)c1cnc2c(N[C@@H]3CCc4[nH]c5ccccc5c4C3)nc(-c3cncc(F)c3)nn12. The maximum Gasteiger partial charge on any atom is 0.197 e. The highest BCUT2D eigenvalue weighted by atomic mass is 19.1. The Hall–Kier alpha value is -3.85. The van der Waals surface area contributed by atoms with Gasteiger partial charge in [0.2, 0.25) is 0 Å². The normalized spacial score (nSPS) is 16.8. The summed E-state index contributed by atoms with van der Waals surface area (Å²) in [6, 6.07) is 9.83. The first-order chi connectivity index (χ1) is 16.1. The molecule has 3 N–H and O–H groups in total. The molecule has 4 heterocycles. The Balaban J connectivity index is 1.41. The van der Waals surface area contributed by atoms with Crippen molar-refractivity contribution in [3.8, 4) is 11.4 Å². The number of halogens is 1. The van der Waals surface area contributed by atoms with E-state index in [9.17, 15) is 9.50 Å². The molecule has 0 unspecified atom stereocenters. The summed E-state index contributed by atoms with van der Waals surface area (Å²) in [6.45, 7) is 1.65. The summed E-state index contributed by atoms with van der Waals surface area (Å²) in [7, 11) is 0. The van der Waals surface area contributed by atoms with Gasteiger partial charge in [-0.05, 0) is 43.9 Å². The number of rotatable bonds is 4. The maximum absolute atomic E-state index is 13.8. The number of anilines is 1. The molecule has 0 spiro atoms. The van der Waals surface area contributed by atoms with Crippen molar-refractivity contribution < 1.29 is 9.50 Å². The molecule has 0 saturated carbocycles. The quantitative estimate of drug-likeness (QED) is 0.390. The van der Waals surface area contributed by atoms with Crippen LogP contribution in [-0.4, -0.2) is 40.7 Å². The number of hydrogen-bond acceptors (Lipinski definition) is 6. The van der Waals surface area contributed by atoms with Gasteiger partial charge in [0.1, 0.15) is 5.82 Å². The Morgan fingerprint density at radius 1 is 1.24 bits per heavy atom. The molecular weight excluding hydrogens is 421 g/mol. The van der Waals surface area contributed by atoms with E-state index < -0.39 is 11.9 Å². The van der Waals surface area contributed by atoms with Crippen LogP contribution in [0.5, 0.6) is 0 Å². The molecule has 0 radical (unpaired) electrons. The molecule has 9 heteroatoms. The summed E-state index contributed by atoms with van der Waals surface area (Å²) in [4.78, 5) is 16.6. The van der Waals surface area contributed by atoms with E-state index in [1.807, 2.05) is 6.07 Å². The molecule has 2 atom stereocenters. The summed E-state index contributed by atoms with van der Waals surface area (Å²) in [6.07, 6.45) is 6.17. The molecule has 1 aliphatic carbocycles. The highest BCUT2D eigenvalue weighted by Crippen LogP contribution is 2.31. The lowest BCUT2D eigenvalue weighted by Gasteiger charge is -2.24. The minimum Gasteiger partial charge on any atom is -0.387 e. The Labute approximate surface area is 188 Å². The first kappa shape index (κ1) is 19.8. The van der Waals surface area contributed by atoms with Gasteiger partial charge < -0.3 is 15.4 Å². The zero-order valence-electron chi connectivity index (χ0n) is 18.0. The number of hydrogen-bond donors (Lipinski definition) is 3. The van der Waals surface area contributed by atoms with E-state index in [0.29, 0.717) is 28.5 Å². The first-order valence-electron chi connectivity index (χ1n) is 11.0. The van der Waals surface area contributed by atoms with Crippen LogP contribution in [-0.2, 0) is 12.8 Å². The fourth-order valence-electron chi connectivity index (χ4n) is 4.62. The van der Waals surface area contributed by atoms with E-state index in [4.69, 9.17) is 0 Å². The van der Waals surface area contributed by atoms with Crippen LogP contribution in [0, 0.1) is 5.82 Å². The van der Waals surface area contributed by atoms with Gasteiger partial charge in [0.05, 0.1) is 24.2 Å². The summed E-state index contributed by atoms with van der Waals surface area (Å²) in [5, 5.41) is 19.5. The molecule has 0 saturated heterocycles. The zero-order valence-corrected chi connectivity index (χ0v) is 18.0. The minimum absolute atomic E-state index is 0.139. The van der Waals surface area contributed by atoms with Crippen LogP contribution in [0.3, 0.4) is 0 Å². The van der Waals surface area contributed by atoms with Gasteiger partial charge in [-0.15, -0.1) is 5.10 Å². The topological polar surface area (TPSA) is 104 Å². The largest absolute Gasteiger partial charge is 0.387 e. The molecule has 6 rings (SSSR count). The van der Waals surface area contributed by atoms with Crippen molar-refractivity contribution in [1.82, 2.24) is 29.5 Å². The second kappa shape index (κ2) is 7.63. The van der Waals surface area contributed by atoms with Crippen molar-refractivity contribution in [2.45, 2.75) is 38.3 Å². The predicted molar refractivity (Wildman–Crippen MR) is 122 cm³/mol. The van der Waals surface area contributed by atoms with Crippen LogP contribution < -0.4 is 5.32 Å². The van der Waals surface area contributed by atoms with Crippen LogP contribution in [0.15, 0.2) is 48.9 Å². The monoisotopic (exact) mass is 443 g/mol. The number of nitrogens with zero attached hydrogens (tertiary/aromatic N) is 5. The summed E-state index contributed by atoms with van der Waals surface area (Å²) < 4.78 is 15.4. The molecular formula is C24H22FN7O. The van der Waals surface area contributed by atoms with Crippen molar-refractivity contribution in [2.75, 3.05) is 5.32 Å². The number of aryl methyl sites for hydroxylation is 1.